The number of nitrogens with zero attached hydrogens (tertiary/aromatic N) is 1. The van der Waals surface area contributed by atoms with Gasteiger partial charge in [0.25, 0.3) is 15.7 Å². The molecule has 1 aromatic heterocycles. The molecule has 0 atom stereocenters. The Morgan fingerprint density at radius 3 is 2.15 bits per heavy atom. The van der Waals surface area contributed by atoms with E-state index >= 15 is 0 Å². The van der Waals surface area contributed by atoms with Crippen LogP contribution in [-0.4, -0.2) is 24.4 Å². The van der Waals surface area contributed by atoms with Gasteiger partial charge in [-0.05, 0) is 48.5 Å². The zero-order valence-electron chi connectivity index (χ0n) is 13.5. The number of rotatable bonds is 6. The third kappa shape index (κ3) is 3.96. The number of carbonyl (C=O) groups is 1. The molecule has 0 saturated carbocycles. The van der Waals surface area contributed by atoms with Gasteiger partial charge in [-0.1, -0.05) is 0 Å². The van der Waals surface area contributed by atoms with Crippen molar-refractivity contribution in [3.05, 3.63) is 76.5 Å². The number of anilines is 1. The molecular weight excluding hydrogens is 376 g/mol. The van der Waals surface area contributed by atoms with Gasteiger partial charge >= 0.3 is 5.97 Å². The first-order valence-corrected chi connectivity index (χ1v) is 8.95. The molecule has 27 heavy (non-hydrogen) atoms. The van der Waals surface area contributed by atoms with Gasteiger partial charge < -0.3 is 9.52 Å². The summed E-state index contributed by atoms with van der Waals surface area (Å²) in [5, 5.41) is 19.5. The topological polar surface area (TPSA) is 140 Å². The number of nitro benzene ring substituents is 1. The van der Waals surface area contributed by atoms with Gasteiger partial charge in [0.05, 0.1) is 9.82 Å². The highest BCUT2D eigenvalue weighted by atomic mass is 32.2. The number of carboxylic acid groups (broad SMARTS) is 1. The number of benzene rings is 2. The molecule has 9 nitrogen and oxygen atoms in total. The molecule has 0 saturated heterocycles. The molecule has 0 aliphatic carbocycles. The van der Waals surface area contributed by atoms with Crippen molar-refractivity contribution in [3.63, 3.8) is 0 Å². The van der Waals surface area contributed by atoms with Gasteiger partial charge in [0.1, 0.15) is 5.76 Å². The first-order chi connectivity index (χ1) is 12.8. The van der Waals surface area contributed by atoms with Crippen LogP contribution in [0.2, 0.25) is 0 Å². The maximum atomic E-state index is 12.4. The van der Waals surface area contributed by atoms with Crippen molar-refractivity contribution < 1.29 is 27.7 Å². The molecule has 0 unspecified atom stereocenters. The van der Waals surface area contributed by atoms with Gasteiger partial charge in [0, 0.05) is 23.4 Å². The monoisotopic (exact) mass is 388 g/mol. The number of hydrogen-bond acceptors (Lipinski definition) is 6. The molecule has 1 heterocycles. The molecule has 0 radical (unpaired) electrons. The smallest absolute Gasteiger partial charge is 0.371 e. The van der Waals surface area contributed by atoms with E-state index in [1.165, 1.54) is 24.3 Å². The van der Waals surface area contributed by atoms with Crippen LogP contribution in [0.3, 0.4) is 0 Å². The lowest BCUT2D eigenvalue weighted by Gasteiger charge is -2.08. The molecule has 0 amide bonds. The molecule has 0 fully saturated rings. The third-order valence-corrected chi connectivity index (χ3v) is 4.99. The Hall–Kier alpha value is -3.66. The average Bonchev–Trinajstić information content (AvgIpc) is 3.12. The van der Waals surface area contributed by atoms with E-state index in [-0.39, 0.29) is 22.0 Å². The molecule has 138 valence electrons. The maximum Gasteiger partial charge on any atom is 0.371 e. The fourth-order valence-corrected chi connectivity index (χ4v) is 3.33. The molecule has 0 aliphatic heterocycles. The summed E-state index contributed by atoms with van der Waals surface area (Å²) in [6.07, 6.45) is 0. The van der Waals surface area contributed by atoms with Crippen LogP contribution in [0, 0.1) is 10.1 Å². The van der Waals surface area contributed by atoms with E-state index in [1.807, 2.05) is 0 Å². The lowest BCUT2D eigenvalue weighted by molar-refractivity contribution is -0.384. The van der Waals surface area contributed by atoms with Crippen molar-refractivity contribution >= 4 is 27.4 Å². The Morgan fingerprint density at radius 2 is 1.63 bits per heavy atom. The Kier molecular flexibility index (Phi) is 4.65. The minimum absolute atomic E-state index is 0.116. The second kappa shape index (κ2) is 6.92. The minimum Gasteiger partial charge on any atom is -0.475 e. The SMILES string of the molecule is O=C(O)c1ccc(-c2ccc(NS(=O)(=O)c3ccc([N+](=O)[O-])cc3)cc2)o1. The highest BCUT2D eigenvalue weighted by molar-refractivity contribution is 7.92. The lowest BCUT2D eigenvalue weighted by atomic mass is 10.1. The van der Waals surface area contributed by atoms with Gasteiger partial charge in [0.2, 0.25) is 5.76 Å². The Bertz CT molecular complexity index is 1100. The Morgan fingerprint density at radius 1 is 1.00 bits per heavy atom. The van der Waals surface area contributed by atoms with Gasteiger partial charge in [-0.3, -0.25) is 14.8 Å². The van der Waals surface area contributed by atoms with E-state index in [9.17, 15) is 23.3 Å². The highest BCUT2D eigenvalue weighted by Crippen LogP contribution is 2.25. The number of sulfonamides is 1. The second-order valence-corrected chi connectivity index (χ2v) is 7.09. The van der Waals surface area contributed by atoms with Crippen molar-refractivity contribution in [1.82, 2.24) is 0 Å². The van der Waals surface area contributed by atoms with E-state index in [0.29, 0.717) is 11.3 Å². The predicted molar refractivity (Wildman–Crippen MR) is 95.0 cm³/mol. The molecule has 0 spiro atoms. The molecule has 0 bridgehead atoms. The maximum absolute atomic E-state index is 12.4. The first kappa shape index (κ1) is 18.1. The van der Waals surface area contributed by atoms with E-state index < -0.39 is 20.9 Å². The predicted octanol–water partition coefficient (Wildman–Crippen LogP) is 3.35. The van der Waals surface area contributed by atoms with Crippen molar-refractivity contribution in [1.29, 1.82) is 0 Å². The fraction of sp³-hybridized carbons (Fsp3) is 0. The molecule has 10 heteroatoms. The van der Waals surface area contributed by atoms with Crippen LogP contribution in [0.5, 0.6) is 0 Å². The van der Waals surface area contributed by atoms with Gasteiger partial charge in [-0.15, -0.1) is 0 Å². The lowest BCUT2D eigenvalue weighted by Crippen LogP contribution is -2.12. The number of nitro groups is 1. The summed E-state index contributed by atoms with van der Waals surface area (Å²) in [6.45, 7) is 0. The summed E-state index contributed by atoms with van der Waals surface area (Å²) in [5.74, 6) is -1.06. The van der Waals surface area contributed by atoms with Crippen LogP contribution in [0.1, 0.15) is 10.6 Å². The Labute approximate surface area is 153 Å². The molecule has 2 aromatic carbocycles. The third-order valence-electron chi connectivity index (χ3n) is 3.60. The second-order valence-electron chi connectivity index (χ2n) is 5.40. The largest absolute Gasteiger partial charge is 0.475 e. The highest BCUT2D eigenvalue weighted by Gasteiger charge is 2.16. The summed E-state index contributed by atoms with van der Waals surface area (Å²) in [5.41, 5.74) is 0.625. The van der Waals surface area contributed by atoms with Crippen molar-refractivity contribution in [2.75, 3.05) is 4.72 Å². The summed E-state index contributed by atoms with van der Waals surface area (Å²) in [4.78, 5) is 20.7. The van der Waals surface area contributed by atoms with Crippen LogP contribution in [-0.2, 0) is 10.0 Å². The van der Waals surface area contributed by atoms with Crippen LogP contribution in [0.15, 0.2) is 70.0 Å². The van der Waals surface area contributed by atoms with Crippen molar-refractivity contribution in [2.45, 2.75) is 4.90 Å². The first-order valence-electron chi connectivity index (χ1n) is 7.47. The quantitative estimate of drug-likeness (QED) is 0.487. The zero-order chi connectivity index (χ0) is 19.6. The zero-order valence-corrected chi connectivity index (χ0v) is 14.3. The van der Waals surface area contributed by atoms with Crippen LogP contribution < -0.4 is 4.72 Å². The number of nitrogens with one attached hydrogen (secondary N) is 1. The number of non-ortho nitro benzene ring substituents is 1. The molecular formula is C17H12N2O7S. The summed E-state index contributed by atoms with van der Waals surface area (Å²) in [6, 6.07) is 13.4. The molecule has 2 N–H and O–H groups in total. The number of carboxylic acids is 1. The van der Waals surface area contributed by atoms with Gasteiger partial charge in [0.15, 0.2) is 0 Å². The summed E-state index contributed by atoms with van der Waals surface area (Å²) in [7, 11) is -3.91. The molecule has 0 aliphatic rings. The summed E-state index contributed by atoms with van der Waals surface area (Å²) < 4.78 is 32.2. The van der Waals surface area contributed by atoms with Crippen LogP contribution in [0.4, 0.5) is 11.4 Å². The van der Waals surface area contributed by atoms with E-state index in [2.05, 4.69) is 4.72 Å². The van der Waals surface area contributed by atoms with Crippen molar-refractivity contribution in [3.8, 4) is 11.3 Å². The summed E-state index contributed by atoms with van der Waals surface area (Å²) >= 11 is 0. The van der Waals surface area contributed by atoms with E-state index in [0.717, 1.165) is 24.3 Å². The fourth-order valence-electron chi connectivity index (χ4n) is 2.27. The van der Waals surface area contributed by atoms with Gasteiger partial charge in [-0.2, -0.15) is 0 Å². The number of furan rings is 1. The average molecular weight is 388 g/mol. The van der Waals surface area contributed by atoms with Crippen LogP contribution >= 0.6 is 0 Å². The standard InChI is InChI=1S/C17H12N2O7S/c20-17(21)16-10-9-15(26-16)11-1-3-12(4-2-11)18-27(24,25)14-7-5-13(6-8-14)19(22)23/h1-10,18H,(H,20,21). The normalized spacial score (nSPS) is 11.1. The van der Waals surface area contributed by atoms with Crippen LogP contribution in [0.25, 0.3) is 11.3 Å². The van der Waals surface area contributed by atoms with E-state index in [4.69, 9.17) is 9.52 Å². The van der Waals surface area contributed by atoms with E-state index in [1.54, 1.807) is 12.1 Å². The minimum atomic E-state index is -3.91. The number of hydrogen-bond donors (Lipinski definition) is 2. The van der Waals surface area contributed by atoms with Gasteiger partial charge in [-0.25, -0.2) is 13.2 Å². The molecule has 3 aromatic rings. The molecule has 3 rings (SSSR count). The Balaban J connectivity index is 1.78. The number of aromatic carboxylic acids is 1. The van der Waals surface area contributed by atoms with Crippen molar-refractivity contribution in [2.24, 2.45) is 0 Å².